The van der Waals surface area contributed by atoms with Gasteiger partial charge >= 0.3 is 0 Å². The van der Waals surface area contributed by atoms with E-state index in [4.69, 9.17) is 23.2 Å². The van der Waals surface area contributed by atoms with Gasteiger partial charge in [0.25, 0.3) is 0 Å². The van der Waals surface area contributed by atoms with E-state index < -0.39 is 10.3 Å². The minimum absolute atomic E-state index is 0.217. The summed E-state index contributed by atoms with van der Waals surface area (Å²) in [6.45, 7) is 3.54. The number of halogens is 2. The van der Waals surface area contributed by atoms with Gasteiger partial charge in [-0.25, -0.2) is 4.98 Å². The zero-order valence-electron chi connectivity index (χ0n) is 7.25. The van der Waals surface area contributed by atoms with Crippen LogP contribution in [-0.4, -0.2) is 15.6 Å². The first-order valence-corrected chi connectivity index (χ1v) is 5.44. The number of alkyl halides is 2. The van der Waals surface area contributed by atoms with E-state index in [1.54, 1.807) is 20.0 Å². The van der Waals surface area contributed by atoms with E-state index in [0.29, 0.717) is 0 Å². The lowest BCUT2D eigenvalue weighted by Crippen LogP contribution is -2.33. The first-order chi connectivity index (χ1) is 5.96. The number of nitrogens with zero attached hydrogens (tertiary/aromatic N) is 1. The Morgan fingerprint density at radius 3 is 2.62 bits per heavy atom. The second-order valence-electron chi connectivity index (χ2n) is 3.13. The van der Waals surface area contributed by atoms with Crippen molar-refractivity contribution in [3.8, 4) is 0 Å². The van der Waals surface area contributed by atoms with Crippen LogP contribution < -0.4 is 0 Å². The third-order valence-electron chi connectivity index (χ3n) is 1.78. The molecule has 0 unspecified atom stereocenters. The second-order valence-corrected chi connectivity index (χ2v) is 5.12. The fourth-order valence-corrected chi connectivity index (χ4v) is 2.22. The average molecular weight is 238 g/mol. The molecule has 0 aromatic carbocycles. The number of carbonyl (C=O) groups is 1. The molecular weight excluding hydrogens is 229 g/mol. The lowest BCUT2D eigenvalue weighted by molar-refractivity contribution is -0.121. The molecule has 0 saturated heterocycles. The zero-order valence-corrected chi connectivity index (χ0v) is 9.58. The molecule has 1 rings (SSSR count). The lowest BCUT2D eigenvalue weighted by atomic mass is 9.90. The molecule has 0 radical (unpaired) electrons. The van der Waals surface area contributed by atoms with Gasteiger partial charge < -0.3 is 0 Å². The van der Waals surface area contributed by atoms with Crippen LogP contribution >= 0.6 is 34.5 Å². The van der Waals surface area contributed by atoms with Crippen LogP contribution in [0, 0.1) is 0 Å². The van der Waals surface area contributed by atoms with E-state index >= 15 is 0 Å². The summed E-state index contributed by atoms with van der Waals surface area (Å²) >= 11 is 12.5. The Morgan fingerprint density at radius 1 is 1.62 bits per heavy atom. The maximum atomic E-state index is 11.6. The summed E-state index contributed by atoms with van der Waals surface area (Å²) in [5.41, 5.74) is -0.692. The van der Waals surface area contributed by atoms with Crippen LogP contribution in [-0.2, 0) is 10.2 Å². The number of rotatable bonds is 3. The van der Waals surface area contributed by atoms with Crippen molar-refractivity contribution >= 4 is 40.3 Å². The largest absolute Gasteiger partial charge is 0.296 e. The molecule has 0 saturated carbocycles. The molecule has 13 heavy (non-hydrogen) atoms. The molecular formula is C8H9Cl2NOS. The average Bonchev–Trinajstić information content (AvgIpc) is 2.54. The molecule has 0 atom stereocenters. The smallest absolute Gasteiger partial charge is 0.178 e. The first-order valence-electron chi connectivity index (χ1n) is 3.68. The van der Waals surface area contributed by atoms with E-state index in [0.717, 1.165) is 5.01 Å². The molecule has 1 aromatic heterocycles. The van der Waals surface area contributed by atoms with Crippen molar-refractivity contribution in [2.45, 2.75) is 24.1 Å². The van der Waals surface area contributed by atoms with Gasteiger partial charge in [-0.05, 0) is 13.8 Å². The summed E-state index contributed by atoms with van der Waals surface area (Å²) in [4.78, 5) is 14.7. The van der Waals surface area contributed by atoms with E-state index in [1.165, 1.54) is 11.3 Å². The third-order valence-corrected chi connectivity index (χ3v) is 3.27. The van der Waals surface area contributed by atoms with Crippen LogP contribution in [0.4, 0.5) is 0 Å². The van der Waals surface area contributed by atoms with E-state index in [-0.39, 0.29) is 5.78 Å². The molecule has 1 heterocycles. The van der Waals surface area contributed by atoms with Crippen molar-refractivity contribution in [2.24, 2.45) is 0 Å². The highest BCUT2D eigenvalue weighted by Gasteiger charge is 2.35. The molecule has 1 aromatic rings. The van der Waals surface area contributed by atoms with Crippen LogP contribution in [0.5, 0.6) is 0 Å². The number of aromatic nitrogens is 1. The van der Waals surface area contributed by atoms with Crippen LogP contribution in [0.25, 0.3) is 0 Å². The molecule has 0 amide bonds. The molecule has 0 N–H and O–H groups in total. The minimum atomic E-state index is -0.987. The fourth-order valence-electron chi connectivity index (χ4n) is 0.910. The molecule has 2 nitrogen and oxygen atoms in total. The van der Waals surface area contributed by atoms with Gasteiger partial charge in [-0.3, -0.25) is 4.79 Å². The van der Waals surface area contributed by atoms with E-state index in [2.05, 4.69) is 4.98 Å². The van der Waals surface area contributed by atoms with Crippen molar-refractivity contribution in [2.75, 3.05) is 0 Å². The van der Waals surface area contributed by atoms with Crippen molar-refractivity contribution in [3.63, 3.8) is 0 Å². The maximum Gasteiger partial charge on any atom is 0.178 e. The quantitative estimate of drug-likeness (QED) is 0.758. The molecule has 72 valence electrons. The van der Waals surface area contributed by atoms with Gasteiger partial charge in [0, 0.05) is 11.6 Å². The molecule has 5 heteroatoms. The van der Waals surface area contributed by atoms with Gasteiger partial charge in [-0.2, -0.15) is 0 Å². The highest BCUT2D eigenvalue weighted by atomic mass is 35.5. The summed E-state index contributed by atoms with van der Waals surface area (Å²) < 4.78 is 0. The van der Waals surface area contributed by atoms with Crippen LogP contribution in [0.2, 0.25) is 0 Å². The van der Waals surface area contributed by atoms with Crippen molar-refractivity contribution in [1.29, 1.82) is 0 Å². The number of thiazole rings is 1. The predicted molar refractivity (Wildman–Crippen MR) is 55.6 cm³/mol. The Morgan fingerprint density at radius 2 is 2.23 bits per heavy atom. The molecule has 0 bridgehead atoms. The molecule has 0 aliphatic carbocycles. The van der Waals surface area contributed by atoms with Crippen molar-refractivity contribution in [3.05, 3.63) is 16.6 Å². The summed E-state index contributed by atoms with van der Waals surface area (Å²) in [5.74, 6) is -0.217. The maximum absolute atomic E-state index is 11.6. The number of carbonyl (C=O) groups excluding carboxylic acids is 1. The summed E-state index contributed by atoms with van der Waals surface area (Å²) in [6.07, 6.45) is 1.66. The zero-order chi connectivity index (χ0) is 10.1. The number of hydrogen-bond acceptors (Lipinski definition) is 3. The Balaban J connectivity index is 2.95. The SMILES string of the molecule is CC(C)(C(=O)C(Cl)Cl)c1nccs1. The number of hydrogen-bond donors (Lipinski definition) is 0. The summed E-state index contributed by atoms with van der Waals surface area (Å²) in [7, 11) is 0. The van der Waals surface area contributed by atoms with Crippen LogP contribution in [0.3, 0.4) is 0 Å². The minimum Gasteiger partial charge on any atom is -0.296 e. The Bertz CT molecular complexity index is 295. The molecule has 0 spiro atoms. The fraction of sp³-hybridized carbons (Fsp3) is 0.500. The van der Waals surface area contributed by atoms with Gasteiger partial charge in [0.05, 0.1) is 5.41 Å². The highest BCUT2D eigenvalue weighted by molar-refractivity contribution is 7.09. The van der Waals surface area contributed by atoms with Gasteiger partial charge in [-0.15, -0.1) is 11.3 Å². The number of ketones is 1. The molecule has 0 fully saturated rings. The van der Waals surface area contributed by atoms with Gasteiger partial charge in [0.2, 0.25) is 0 Å². The molecule has 0 aliphatic heterocycles. The third kappa shape index (κ3) is 2.22. The highest BCUT2D eigenvalue weighted by Crippen LogP contribution is 2.29. The van der Waals surface area contributed by atoms with Gasteiger partial charge in [-0.1, -0.05) is 23.2 Å². The van der Waals surface area contributed by atoms with Gasteiger partial charge in [0.15, 0.2) is 10.6 Å². The van der Waals surface area contributed by atoms with Crippen LogP contribution in [0.1, 0.15) is 18.9 Å². The molecule has 0 aliphatic rings. The second kappa shape index (κ2) is 3.95. The summed E-state index contributed by atoms with van der Waals surface area (Å²) in [5, 5.41) is 2.56. The summed E-state index contributed by atoms with van der Waals surface area (Å²) in [6, 6.07) is 0. The topological polar surface area (TPSA) is 30.0 Å². The number of Topliss-reactive ketones (excluding diaryl/α,β-unsaturated/α-hetero) is 1. The normalized spacial score (nSPS) is 12.1. The van der Waals surface area contributed by atoms with E-state index in [9.17, 15) is 4.79 Å². The Kier molecular flexibility index (Phi) is 3.33. The van der Waals surface area contributed by atoms with Gasteiger partial charge in [0.1, 0.15) is 5.01 Å². The van der Waals surface area contributed by atoms with Crippen molar-refractivity contribution < 1.29 is 4.79 Å². The van der Waals surface area contributed by atoms with E-state index in [1.807, 2.05) is 5.38 Å². The lowest BCUT2D eigenvalue weighted by Gasteiger charge is -2.20. The Hall–Kier alpha value is -0.120. The predicted octanol–water partition coefficient (Wildman–Crippen LogP) is 2.79. The van der Waals surface area contributed by atoms with Crippen molar-refractivity contribution in [1.82, 2.24) is 4.98 Å². The van der Waals surface area contributed by atoms with Crippen LogP contribution in [0.15, 0.2) is 11.6 Å². The monoisotopic (exact) mass is 237 g/mol. The first kappa shape index (κ1) is 11.0. The Labute approximate surface area is 90.9 Å². The standard InChI is InChI=1S/C8H9Cl2NOS/c1-8(2,5(12)6(9)10)7-11-3-4-13-7/h3-4,6H,1-2H3.